The molecule has 0 atom stereocenters. The molecule has 0 aliphatic heterocycles. The van der Waals surface area contributed by atoms with Crippen LogP contribution >= 0.6 is 23.2 Å². The van der Waals surface area contributed by atoms with Gasteiger partial charge in [-0.2, -0.15) is 4.72 Å². The zero-order valence-electron chi connectivity index (χ0n) is 15.2. The monoisotopic (exact) mass is 440 g/mol. The van der Waals surface area contributed by atoms with Crippen molar-refractivity contribution >= 4 is 44.8 Å². The summed E-state index contributed by atoms with van der Waals surface area (Å²) in [5, 5.41) is 3.08. The van der Waals surface area contributed by atoms with Gasteiger partial charge in [0.2, 0.25) is 15.9 Å². The first-order valence-corrected chi connectivity index (χ1v) is 10.3. The molecule has 2 aromatic carbocycles. The highest BCUT2D eigenvalue weighted by molar-refractivity contribution is 7.89. The van der Waals surface area contributed by atoms with Gasteiger partial charge in [0.15, 0.2) is 0 Å². The molecule has 0 fully saturated rings. The van der Waals surface area contributed by atoms with Crippen molar-refractivity contribution in [3.05, 3.63) is 52.0 Å². The lowest BCUT2D eigenvalue weighted by Gasteiger charge is -2.08. The van der Waals surface area contributed by atoms with Crippen molar-refractivity contribution in [1.82, 2.24) is 4.72 Å². The zero-order valence-corrected chi connectivity index (χ0v) is 17.5. The van der Waals surface area contributed by atoms with Gasteiger partial charge in [-0.1, -0.05) is 41.1 Å². The van der Waals surface area contributed by atoms with E-state index in [1.54, 1.807) is 31.2 Å². The van der Waals surface area contributed by atoms with E-state index in [1.165, 1.54) is 19.1 Å². The van der Waals surface area contributed by atoms with Crippen LogP contribution in [0.15, 0.2) is 41.3 Å². The van der Waals surface area contributed by atoms with Gasteiger partial charge in [0.1, 0.15) is 17.3 Å². The van der Waals surface area contributed by atoms with Gasteiger partial charge in [-0.15, -0.1) is 0 Å². The fourth-order valence-electron chi connectivity index (χ4n) is 2.15. The number of nitrogens with one attached hydrogen (secondary N) is 2. The third kappa shape index (κ3) is 6.43. The van der Waals surface area contributed by atoms with Gasteiger partial charge in [0.05, 0.1) is 11.6 Å². The lowest BCUT2D eigenvalue weighted by Crippen LogP contribution is -2.24. The van der Waals surface area contributed by atoms with Gasteiger partial charge in [0.25, 0.3) is 0 Å². The molecular formula is C19H18Cl2N2O4S. The van der Waals surface area contributed by atoms with Crippen molar-refractivity contribution in [2.75, 3.05) is 18.5 Å². The summed E-state index contributed by atoms with van der Waals surface area (Å²) in [6, 6.07) is 9.66. The Morgan fingerprint density at radius 1 is 1.14 bits per heavy atom. The van der Waals surface area contributed by atoms with Crippen LogP contribution in [0, 0.1) is 18.8 Å². The van der Waals surface area contributed by atoms with Gasteiger partial charge in [-0.25, -0.2) is 8.42 Å². The smallest absolute Gasteiger partial charge is 0.242 e. The second-order valence-electron chi connectivity index (χ2n) is 5.71. The predicted molar refractivity (Wildman–Crippen MR) is 110 cm³/mol. The number of sulfonamides is 1. The van der Waals surface area contributed by atoms with Crippen LogP contribution in [0.5, 0.6) is 5.75 Å². The number of benzene rings is 2. The fourth-order valence-corrected chi connectivity index (χ4v) is 3.90. The maximum atomic E-state index is 12.3. The molecule has 0 heterocycles. The van der Waals surface area contributed by atoms with Gasteiger partial charge in [-0.05, 0) is 36.8 Å². The Morgan fingerprint density at radius 2 is 1.89 bits per heavy atom. The Morgan fingerprint density at radius 3 is 2.61 bits per heavy atom. The van der Waals surface area contributed by atoms with Crippen molar-refractivity contribution in [3.63, 3.8) is 0 Å². The van der Waals surface area contributed by atoms with Crippen molar-refractivity contribution in [2.45, 2.75) is 18.7 Å². The summed E-state index contributed by atoms with van der Waals surface area (Å²) >= 11 is 11.9. The number of hydrogen-bond acceptors (Lipinski definition) is 4. The molecule has 9 heteroatoms. The number of carbonyl (C=O) groups excluding carboxylic acids is 1. The number of aryl methyl sites for hydroxylation is 1. The van der Waals surface area contributed by atoms with E-state index in [-0.39, 0.29) is 29.0 Å². The number of carbonyl (C=O) groups is 1. The summed E-state index contributed by atoms with van der Waals surface area (Å²) in [4.78, 5) is 11.0. The summed E-state index contributed by atoms with van der Waals surface area (Å²) in [7, 11) is -3.81. The minimum atomic E-state index is -3.81. The molecule has 0 radical (unpaired) electrons. The van der Waals surface area contributed by atoms with Crippen LogP contribution in [0.2, 0.25) is 10.0 Å². The Kier molecular flexibility index (Phi) is 7.72. The number of anilines is 1. The first-order valence-electron chi connectivity index (χ1n) is 8.10. The Labute approximate surface area is 174 Å². The zero-order chi connectivity index (χ0) is 20.7. The Bertz CT molecular complexity index is 1040. The van der Waals surface area contributed by atoms with Crippen LogP contribution in [0.1, 0.15) is 12.5 Å². The first-order chi connectivity index (χ1) is 13.2. The maximum Gasteiger partial charge on any atom is 0.242 e. The summed E-state index contributed by atoms with van der Waals surface area (Å²) in [6.45, 7) is 3.07. The van der Waals surface area contributed by atoms with E-state index in [4.69, 9.17) is 27.9 Å². The average molecular weight is 441 g/mol. The maximum absolute atomic E-state index is 12.3. The molecule has 2 aromatic rings. The van der Waals surface area contributed by atoms with E-state index < -0.39 is 10.0 Å². The van der Waals surface area contributed by atoms with Crippen molar-refractivity contribution < 1.29 is 17.9 Å². The molecule has 2 N–H and O–H groups in total. The highest BCUT2D eigenvalue weighted by Crippen LogP contribution is 2.27. The molecular weight excluding hydrogens is 423 g/mol. The van der Waals surface area contributed by atoms with Gasteiger partial charge in [0, 0.05) is 23.7 Å². The lowest BCUT2D eigenvalue weighted by atomic mass is 10.2. The lowest BCUT2D eigenvalue weighted by molar-refractivity contribution is -0.114. The normalized spacial score (nSPS) is 10.7. The van der Waals surface area contributed by atoms with E-state index in [0.29, 0.717) is 22.0 Å². The number of halogens is 2. The molecule has 0 saturated heterocycles. The van der Waals surface area contributed by atoms with Crippen LogP contribution in [0.3, 0.4) is 0 Å². The summed E-state index contributed by atoms with van der Waals surface area (Å²) in [5.41, 5.74) is 1.22. The Balaban J connectivity index is 1.90. The predicted octanol–water partition coefficient (Wildman–Crippen LogP) is 3.62. The van der Waals surface area contributed by atoms with E-state index in [2.05, 4.69) is 21.9 Å². The minimum absolute atomic E-state index is 0.0402. The van der Waals surface area contributed by atoms with Crippen LogP contribution in [0.25, 0.3) is 0 Å². The molecule has 1 amide bonds. The van der Waals surface area contributed by atoms with Crippen LogP contribution in [-0.2, 0) is 14.8 Å². The minimum Gasteiger partial charge on any atom is -0.481 e. The van der Waals surface area contributed by atoms with Crippen LogP contribution in [-0.4, -0.2) is 27.5 Å². The van der Waals surface area contributed by atoms with Gasteiger partial charge in [-0.3, -0.25) is 4.79 Å². The highest BCUT2D eigenvalue weighted by Gasteiger charge is 2.18. The van der Waals surface area contributed by atoms with Gasteiger partial charge < -0.3 is 10.1 Å². The molecule has 148 valence electrons. The van der Waals surface area contributed by atoms with Crippen LogP contribution < -0.4 is 14.8 Å². The number of amides is 1. The van der Waals surface area contributed by atoms with E-state index in [0.717, 1.165) is 0 Å². The summed E-state index contributed by atoms with van der Waals surface area (Å²) in [6.07, 6.45) is 0. The highest BCUT2D eigenvalue weighted by atomic mass is 35.5. The summed E-state index contributed by atoms with van der Waals surface area (Å²) in [5.74, 6) is 5.73. The Hall–Kier alpha value is -2.24. The molecule has 0 aliphatic rings. The molecule has 28 heavy (non-hydrogen) atoms. The van der Waals surface area contributed by atoms with Crippen LogP contribution in [0.4, 0.5) is 5.69 Å². The third-order valence-corrected chi connectivity index (χ3v) is 5.72. The third-order valence-electron chi connectivity index (χ3n) is 3.44. The molecule has 2 rings (SSSR count). The van der Waals surface area contributed by atoms with E-state index >= 15 is 0 Å². The number of rotatable bonds is 6. The average Bonchev–Trinajstić information content (AvgIpc) is 2.60. The number of hydrogen-bond donors (Lipinski definition) is 2. The molecule has 0 spiro atoms. The summed E-state index contributed by atoms with van der Waals surface area (Å²) < 4.78 is 32.5. The largest absolute Gasteiger partial charge is 0.481 e. The SMILES string of the molecule is CC(=O)Nc1cccc(OCC#CCNS(=O)(=O)c2cc(C)c(Cl)cc2Cl)c1. The molecule has 0 aliphatic carbocycles. The topological polar surface area (TPSA) is 84.5 Å². The standard InChI is InChI=1S/C19H18Cl2N2O4S/c1-13-10-19(18(21)12-17(13)20)28(25,26)22-8-3-4-9-27-16-7-5-6-15(11-16)23-14(2)24/h5-7,10-12,22H,8-9H2,1-2H3,(H,23,24). The molecule has 0 saturated carbocycles. The second-order valence-corrected chi connectivity index (χ2v) is 8.26. The van der Waals surface area contributed by atoms with E-state index in [1.807, 2.05) is 0 Å². The molecule has 6 nitrogen and oxygen atoms in total. The second kappa shape index (κ2) is 9.80. The quantitative estimate of drug-likeness (QED) is 0.671. The molecule has 0 unspecified atom stereocenters. The van der Waals surface area contributed by atoms with Crippen molar-refractivity contribution in [2.24, 2.45) is 0 Å². The molecule has 0 aromatic heterocycles. The van der Waals surface area contributed by atoms with Crippen molar-refractivity contribution in [1.29, 1.82) is 0 Å². The van der Waals surface area contributed by atoms with E-state index in [9.17, 15) is 13.2 Å². The first kappa shape index (κ1) is 22.1. The molecule has 0 bridgehead atoms. The fraction of sp³-hybridized carbons (Fsp3) is 0.211. The number of ether oxygens (including phenoxy) is 1. The van der Waals surface area contributed by atoms with Crippen molar-refractivity contribution in [3.8, 4) is 17.6 Å². The van der Waals surface area contributed by atoms with Gasteiger partial charge >= 0.3 is 0 Å².